The van der Waals surface area contributed by atoms with E-state index in [1.54, 1.807) is 22.7 Å². The summed E-state index contributed by atoms with van der Waals surface area (Å²) < 4.78 is 4.94. The fourth-order valence-corrected chi connectivity index (χ4v) is 2.77. The third kappa shape index (κ3) is 1.36. The highest BCUT2D eigenvalue weighted by Gasteiger charge is 2.01. The van der Waals surface area contributed by atoms with Crippen LogP contribution in [0.2, 0.25) is 0 Å². The number of hydrogen-bond acceptors (Lipinski definition) is 1. The molecule has 0 bridgehead atoms. The van der Waals surface area contributed by atoms with Crippen LogP contribution in [0.5, 0.6) is 0 Å². The molecule has 2 aromatic rings. The summed E-state index contributed by atoms with van der Waals surface area (Å²) >= 11 is 3.61. The van der Waals surface area contributed by atoms with E-state index >= 15 is 0 Å². The molecule has 0 saturated carbocycles. The van der Waals surface area contributed by atoms with Crippen LogP contribution < -0.4 is 17.0 Å². The van der Waals surface area contributed by atoms with Crippen LogP contribution in [0, 0.1) is 0 Å². The molecule has 1 aromatic heterocycles. The third-order valence-corrected chi connectivity index (χ3v) is 3.32. The second kappa shape index (κ2) is 3.42. The highest BCUT2D eigenvalue weighted by molar-refractivity contribution is 7.36. The topological polar surface area (TPSA) is 0 Å². The molecule has 52 valence electrons. The molecule has 0 spiro atoms. The van der Waals surface area contributed by atoms with E-state index in [1.807, 2.05) is 0 Å². The van der Waals surface area contributed by atoms with Crippen LogP contribution in [0.3, 0.4) is 0 Å². The molecule has 0 atom stereocenters. The Morgan fingerprint density at radius 2 is 2.00 bits per heavy atom. The Bertz CT molecular complexity index is 286. The Labute approximate surface area is 77.9 Å². The van der Waals surface area contributed by atoms with Gasteiger partial charge in [0.25, 0.3) is 0 Å². The van der Waals surface area contributed by atoms with Crippen molar-refractivity contribution in [1.82, 2.24) is 0 Å². The quantitative estimate of drug-likeness (QED) is 0.572. The van der Waals surface area contributed by atoms with Crippen LogP contribution >= 0.6 is 22.7 Å². The van der Waals surface area contributed by atoms with Crippen LogP contribution in [0.25, 0.3) is 9.40 Å². The van der Waals surface area contributed by atoms with Gasteiger partial charge in [-0.2, -0.15) is 0 Å². The lowest BCUT2D eigenvalue weighted by Crippen LogP contribution is -3.00. The van der Waals surface area contributed by atoms with E-state index in [0.29, 0.717) is 0 Å². The van der Waals surface area contributed by atoms with E-state index in [-0.39, 0.29) is 17.0 Å². The lowest BCUT2D eigenvalue weighted by molar-refractivity contribution is -0.00000156. The summed E-state index contributed by atoms with van der Waals surface area (Å²) in [5.74, 6) is 0. The van der Waals surface area contributed by atoms with E-state index in [2.05, 4.69) is 29.0 Å². The summed E-state index contributed by atoms with van der Waals surface area (Å²) in [4.78, 5) is 0. The first-order valence-corrected chi connectivity index (χ1v) is 4.47. The zero-order valence-corrected chi connectivity index (χ0v) is 8.30. The van der Waals surface area contributed by atoms with Crippen molar-refractivity contribution >= 4 is 32.1 Å². The second-order valence-electron chi connectivity index (χ2n) is 1.78. The van der Waals surface area contributed by atoms with Gasteiger partial charge in [0.2, 0.25) is 4.69 Å². The van der Waals surface area contributed by atoms with Gasteiger partial charge in [-0.1, -0.05) is 12.1 Å². The van der Waals surface area contributed by atoms with Crippen molar-refractivity contribution in [2.75, 3.05) is 0 Å². The lowest BCUT2D eigenvalue weighted by atomic mass is 10.4. The lowest BCUT2D eigenvalue weighted by Gasteiger charge is -1.73. The number of rotatable bonds is 0. The van der Waals surface area contributed by atoms with Crippen LogP contribution in [0.4, 0.5) is 0 Å². The molecule has 0 N–H and O–H groups in total. The van der Waals surface area contributed by atoms with E-state index in [0.717, 1.165) is 0 Å². The molecule has 3 heteroatoms. The van der Waals surface area contributed by atoms with Gasteiger partial charge in [-0.3, -0.25) is 0 Å². The maximum atomic E-state index is 2.16. The van der Waals surface area contributed by atoms with Crippen molar-refractivity contribution in [3.05, 3.63) is 29.0 Å². The minimum absolute atomic E-state index is 0. The summed E-state index contributed by atoms with van der Waals surface area (Å²) in [6.45, 7) is 0. The zero-order chi connectivity index (χ0) is 6.10. The number of benzene rings is 1. The minimum Gasteiger partial charge on any atom is -1.00 e. The summed E-state index contributed by atoms with van der Waals surface area (Å²) in [6, 6.07) is 8.45. The summed E-state index contributed by atoms with van der Waals surface area (Å²) in [7, 11) is 0. The normalized spacial score (nSPS) is 9.20. The molecular weight excluding hydrogens is 228 g/mol. The van der Waals surface area contributed by atoms with Gasteiger partial charge >= 0.3 is 0 Å². The molecule has 1 heterocycles. The average Bonchev–Trinajstić information content (AvgIpc) is 2.33. The molecule has 2 rings (SSSR count). The van der Waals surface area contributed by atoms with E-state index in [1.165, 1.54) is 9.40 Å². The largest absolute Gasteiger partial charge is 1.00 e. The number of fused-ring (bicyclic) bond motifs is 1. The maximum Gasteiger partial charge on any atom is 0.243 e. The highest BCUT2D eigenvalue weighted by atomic mass is 79.9. The smallest absolute Gasteiger partial charge is 0.243 e. The van der Waals surface area contributed by atoms with Crippen LogP contribution in [-0.2, 0) is 0 Å². The van der Waals surface area contributed by atoms with Gasteiger partial charge in [0.15, 0.2) is 9.40 Å². The molecule has 0 radical (unpaired) electrons. The minimum atomic E-state index is 0. The predicted octanol–water partition coefficient (Wildman–Crippen LogP) is 0.248. The molecule has 0 amide bonds. The van der Waals surface area contributed by atoms with E-state index in [4.69, 9.17) is 0 Å². The van der Waals surface area contributed by atoms with Gasteiger partial charge in [-0.05, 0) is 12.1 Å². The molecule has 0 fully saturated rings. The fraction of sp³-hybridized carbons (Fsp3) is 0. The average molecular weight is 233 g/mol. The highest BCUT2D eigenvalue weighted by Crippen LogP contribution is 2.24. The molecule has 0 aliphatic rings. The molecular formula is C7H5BrS2. The monoisotopic (exact) mass is 232 g/mol. The van der Waals surface area contributed by atoms with Gasteiger partial charge < -0.3 is 17.0 Å². The fourth-order valence-electron chi connectivity index (χ4n) is 0.773. The standard InChI is InChI=1S/C7H5S2.BrH/c1-2-4-7-6(3-1)8-5-9-7;/h1-5H;1H/q+1;/p-1. The summed E-state index contributed by atoms with van der Waals surface area (Å²) in [6.07, 6.45) is 0. The Morgan fingerprint density at radius 1 is 1.20 bits per heavy atom. The van der Waals surface area contributed by atoms with Crippen LogP contribution in [0.1, 0.15) is 0 Å². The van der Waals surface area contributed by atoms with E-state index in [9.17, 15) is 0 Å². The molecule has 10 heavy (non-hydrogen) atoms. The Balaban J connectivity index is 0.000000500. The van der Waals surface area contributed by atoms with Crippen molar-refractivity contribution in [2.24, 2.45) is 0 Å². The van der Waals surface area contributed by atoms with Gasteiger partial charge in [0.05, 0.1) is 22.7 Å². The predicted molar refractivity (Wildman–Crippen MR) is 44.1 cm³/mol. The summed E-state index contributed by atoms with van der Waals surface area (Å²) in [5.41, 5.74) is 0. The molecule has 0 unspecified atom stereocenters. The molecule has 0 aliphatic heterocycles. The second-order valence-corrected chi connectivity index (χ2v) is 3.90. The molecule has 0 aliphatic carbocycles. The van der Waals surface area contributed by atoms with Gasteiger partial charge in [0, 0.05) is 0 Å². The third-order valence-electron chi connectivity index (χ3n) is 1.20. The first kappa shape index (κ1) is 8.11. The van der Waals surface area contributed by atoms with Gasteiger partial charge in [-0.25, -0.2) is 0 Å². The molecule has 0 saturated heterocycles. The van der Waals surface area contributed by atoms with Crippen molar-refractivity contribution in [1.29, 1.82) is 0 Å². The van der Waals surface area contributed by atoms with Crippen molar-refractivity contribution < 1.29 is 17.0 Å². The van der Waals surface area contributed by atoms with Crippen LogP contribution in [-0.4, -0.2) is 0 Å². The molecule has 1 aromatic carbocycles. The van der Waals surface area contributed by atoms with E-state index < -0.39 is 0 Å². The van der Waals surface area contributed by atoms with Crippen molar-refractivity contribution in [3.8, 4) is 0 Å². The Morgan fingerprint density at radius 3 is 2.80 bits per heavy atom. The number of halogens is 1. The molecule has 0 nitrogen and oxygen atoms in total. The maximum absolute atomic E-state index is 2.16. The van der Waals surface area contributed by atoms with Crippen molar-refractivity contribution in [2.45, 2.75) is 0 Å². The SMILES string of the molecule is [Br-].c1ccc2[s+]csc2c1. The van der Waals surface area contributed by atoms with Gasteiger partial charge in [-0.15, -0.1) is 0 Å². The van der Waals surface area contributed by atoms with Crippen molar-refractivity contribution in [3.63, 3.8) is 0 Å². The zero-order valence-electron chi connectivity index (χ0n) is 5.08. The van der Waals surface area contributed by atoms with Crippen LogP contribution in [0.15, 0.2) is 29.0 Å². The number of hydrogen-bond donors (Lipinski definition) is 0. The first-order valence-electron chi connectivity index (χ1n) is 2.71. The summed E-state index contributed by atoms with van der Waals surface area (Å²) in [5, 5.41) is 0. The Kier molecular flexibility index (Phi) is 2.77. The Hall–Kier alpha value is 0.01000. The van der Waals surface area contributed by atoms with Gasteiger partial charge in [0.1, 0.15) is 0 Å². The first-order chi connectivity index (χ1) is 4.47.